The van der Waals surface area contributed by atoms with Gasteiger partial charge in [0.05, 0.1) is 0 Å². The molecule has 2 rings (SSSR count). The Kier molecular flexibility index (Phi) is 3.50. The fourth-order valence-electron chi connectivity index (χ4n) is 1.55. The number of carbonyl (C=O) groups is 1. The molecule has 1 heterocycles. The minimum absolute atomic E-state index is 0.00642. The smallest absolute Gasteiger partial charge is 0.356 e. The number of carboxylic acid groups (broad SMARTS) is 1. The first-order chi connectivity index (χ1) is 8.99. The highest BCUT2D eigenvalue weighted by Gasteiger charge is 2.17. The minimum atomic E-state index is -1.15. The fourth-order valence-corrected chi connectivity index (χ4v) is 1.55. The normalized spacial score (nSPS) is 10.7. The summed E-state index contributed by atoms with van der Waals surface area (Å²) in [4.78, 5) is 14.7. The van der Waals surface area contributed by atoms with Gasteiger partial charge in [-0.1, -0.05) is 12.1 Å². The van der Waals surface area contributed by atoms with E-state index in [-0.39, 0.29) is 23.5 Å². The van der Waals surface area contributed by atoms with Crippen LogP contribution in [-0.4, -0.2) is 20.6 Å². The van der Waals surface area contributed by atoms with Crippen LogP contribution in [0.1, 0.15) is 30.4 Å². The summed E-state index contributed by atoms with van der Waals surface area (Å²) in [5.74, 6) is -1.68. The van der Waals surface area contributed by atoms with Crippen molar-refractivity contribution in [2.24, 2.45) is 0 Å². The Morgan fingerprint density at radius 3 is 2.68 bits per heavy atom. The maximum absolute atomic E-state index is 13.5. The molecule has 0 saturated carbocycles. The number of imidazole rings is 1. The lowest BCUT2D eigenvalue weighted by molar-refractivity contribution is 0.0690. The van der Waals surface area contributed by atoms with E-state index in [1.807, 2.05) is 13.8 Å². The van der Waals surface area contributed by atoms with Crippen molar-refractivity contribution in [1.82, 2.24) is 9.55 Å². The Bertz CT molecular complexity index is 608. The molecule has 2 aromatic rings. The summed E-state index contributed by atoms with van der Waals surface area (Å²) >= 11 is 0. The average molecular weight is 264 g/mol. The molecule has 6 heteroatoms. The summed E-state index contributed by atoms with van der Waals surface area (Å²) in [6, 6.07) is 5.88. The Morgan fingerprint density at radius 1 is 1.42 bits per heavy atom. The van der Waals surface area contributed by atoms with Crippen molar-refractivity contribution >= 4 is 5.97 Å². The molecular formula is C13H13FN2O3. The van der Waals surface area contributed by atoms with Gasteiger partial charge in [-0.15, -0.1) is 0 Å². The Hall–Kier alpha value is -2.37. The van der Waals surface area contributed by atoms with E-state index < -0.39 is 11.8 Å². The van der Waals surface area contributed by atoms with Crippen LogP contribution in [0, 0.1) is 5.82 Å². The molecule has 0 spiro atoms. The predicted molar refractivity (Wildman–Crippen MR) is 66.0 cm³/mol. The van der Waals surface area contributed by atoms with Crippen molar-refractivity contribution in [3.8, 4) is 11.8 Å². The second-order valence-electron chi connectivity index (χ2n) is 4.25. The van der Waals surface area contributed by atoms with Gasteiger partial charge in [0.1, 0.15) is 0 Å². The number of hydrogen-bond donors (Lipinski definition) is 1. The van der Waals surface area contributed by atoms with E-state index in [2.05, 4.69) is 4.98 Å². The van der Waals surface area contributed by atoms with Crippen LogP contribution >= 0.6 is 0 Å². The molecule has 0 bridgehead atoms. The maximum Gasteiger partial charge on any atom is 0.356 e. The lowest BCUT2D eigenvalue weighted by Gasteiger charge is -2.11. The lowest BCUT2D eigenvalue weighted by atomic mass is 10.3. The summed E-state index contributed by atoms with van der Waals surface area (Å²) in [5.41, 5.74) is -0.139. The van der Waals surface area contributed by atoms with Gasteiger partial charge in [0.15, 0.2) is 17.3 Å². The summed E-state index contributed by atoms with van der Waals surface area (Å²) in [6.45, 7) is 3.70. The van der Waals surface area contributed by atoms with E-state index in [1.54, 1.807) is 12.1 Å². The van der Waals surface area contributed by atoms with Crippen molar-refractivity contribution in [2.45, 2.75) is 19.9 Å². The molecule has 0 atom stereocenters. The van der Waals surface area contributed by atoms with Gasteiger partial charge in [0.25, 0.3) is 0 Å². The Morgan fingerprint density at radius 2 is 2.11 bits per heavy atom. The van der Waals surface area contributed by atoms with E-state index in [1.165, 1.54) is 22.9 Å². The van der Waals surface area contributed by atoms with Crippen LogP contribution in [0.4, 0.5) is 4.39 Å². The lowest BCUT2D eigenvalue weighted by Crippen LogP contribution is -2.02. The van der Waals surface area contributed by atoms with Crippen molar-refractivity contribution in [3.05, 3.63) is 42.0 Å². The number of ether oxygens (including phenoxy) is 1. The predicted octanol–water partition coefficient (Wildman–Crippen LogP) is 3.09. The van der Waals surface area contributed by atoms with E-state index in [9.17, 15) is 9.18 Å². The van der Waals surface area contributed by atoms with Gasteiger partial charge < -0.3 is 9.84 Å². The van der Waals surface area contributed by atoms with Crippen LogP contribution in [0.2, 0.25) is 0 Å². The monoisotopic (exact) mass is 264 g/mol. The molecule has 1 N–H and O–H groups in total. The van der Waals surface area contributed by atoms with Gasteiger partial charge in [0, 0.05) is 12.2 Å². The third-order valence-corrected chi connectivity index (χ3v) is 2.51. The number of nitrogens with zero attached hydrogens (tertiary/aromatic N) is 2. The second kappa shape index (κ2) is 5.09. The van der Waals surface area contributed by atoms with Crippen LogP contribution in [0.25, 0.3) is 0 Å². The Balaban J connectivity index is 2.39. The first kappa shape index (κ1) is 13.1. The fraction of sp³-hybridized carbons (Fsp3) is 0.231. The molecule has 19 heavy (non-hydrogen) atoms. The highest BCUT2D eigenvalue weighted by molar-refractivity contribution is 5.85. The highest BCUT2D eigenvalue weighted by Crippen LogP contribution is 2.26. The molecule has 0 unspecified atom stereocenters. The van der Waals surface area contributed by atoms with E-state index in [4.69, 9.17) is 9.84 Å². The van der Waals surface area contributed by atoms with Crippen molar-refractivity contribution in [1.29, 1.82) is 0 Å². The standard InChI is InChI=1S/C13H13FN2O3/c1-8(2)16-7-10(12(17)18)15-13(16)19-11-6-4-3-5-9(11)14/h3-8H,1-2H3,(H,17,18). The minimum Gasteiger partial charge on any atom is -0.476 e. The quantitative estimate of drug-likeness (QED) is 0.921. The van der Waals surface area contributed by atoms with Crippen LogP contribution in [0.15, 0.2) is 30.5 Å². The SMILES string of the molecule is CC(C)n1cc(C(=O)O)nc1Oc1ccccc1F. The number of carboxylic acids is 1. The summed E-state index contributed by atoms with van der Waals surface area (Å²) in [6.07, 6.45) is 1.36. The maximum atomic E-state index is 13.5. The molecule has 0 amide bonds. The number of aromatic carboxylic acids is 1. The number of aromatic nitrogens is 2. The summed E-state index contributed by atoms with van der Waals surface area (Å²) in [5, 5.41) is 8.92. The van der Waals surface area contributed by atoms with Crippen molar-refractivity contribution in [2.75, 3.05) is 0 Å². The van der Waals surface area contributed by atoms with Gasteiger partial charge in [0.2, 0.25) is 0 Å². The third kappa shape index (κ3) is 2.73. The molecule has 0 fully saturated rings. The van der Waals surface area contributed by atoms with Crippen LogP contribution < -0.4 is 4.74 Å². The largest absolute Gasteiger partial charge is 0.476 e. The number of halogens is 1. The first-order valence-corrected chi connectivity index (χ1v) is 5.73. The molecule has 5 nitrogen and oxygen atoms in total. The zero-order valence-corrected chi connectivity index (χ0v) is 10.5. The van der Waals surface area contributed by atoms with Crippen LogP contribution in [0.5, 0.6) is 11.8 Å². The molecule has 100 valence electrons. The molecule has 0 aliphatic carbocycles. The third-order valence-electron chi connectivity index (χ3n) is 2.51. The zero-order chi connectivity index (χ0) is 14.0. The topological polar surface area (TPSA) is 64.4 Å². The van der Waals surface area contributed by atoms with Crippen molar-refractivity contribution in [3.63, 3.8) is 0 Å². The number of para-hydroxylation sites is 1. The van der Waals surface area contributed by atoms with Gasteiger partial charge in [-0.3, -0.25) is 4.57 Å². The van der Waals surface area contributed by atoms with Gasteiger partial charge >= 0.3 is 12.0 Å². The summed E-state index contributed by atoms with van der Waals surface area (Å²) < 4.78 is 20.4. The van der Waals surface area contributed by atoms with E-state index >= 15 is 0 Å². The molecule has 1 aromatic heterocycles. The molecule has 0 saturated heterocycles. The first-order valence-electron chi connectivity index (χ1n) is 5.73. The van der Waals surface area contributed by atoms with Gasteiger partial charge in [-0.2, -0.15) is 4.98 Å². The highest BCUT2D eigenvalue weighted by atomic mass is 19.1. The van der Waals surface area contributed by atoms with Gasteiger partial charge in [-0.05, 0) is 26.0 Å². The van der Waals surface area contributed by atoms with Crippen molar-refractivity contribution < 1.29 is 19.0 Å². The number of benzene rings is 1. The molecule has 1 aromatic carbocycles. The zero-order valence-electron chi connectivity index (χ0n) is 10.5. The summed E-state index contributed by atoms with van der Waals surface area (Å²) in [7, 11) is 0. The number of rotatable bonds is 4. The van der Waals surface area contributed by atoms with E-state index in [0.29, 0.717) is 0 Å². The second-order valence-corrected chi connectivity index (χ2v) is 4.25. The molecule has 0 aliphatic rings. The average Bonchev–Trinajstić information content (AvgIpc) is 2.76. The Labute approximate surface area is 109 Å². The molecular weight excluding hydrogens is 251 g/mol. The van der Waals surface area contributed by atoms with Crippen LogP contribution in [-0.2, 0) is 0 Å². The number of hydrogen-bond acceptors (Lipinski definition) is 3. The molecule has 0 radical (unpaired) electrons. The molecule has 0 aliphatic heterocycles. The van der Waals surface area contributed by atoms with E-state index in [0.717, 1.165) is 0 Å². The van der Waals surface area contributed by atoms with Crippen LogP contribution in [0.3, 0.4) is 0 Å². The van der Waals surface area contributed by atoms with Gasteiger partial charge in [-0.25, -0.2) is 9.18 Å².